The molecule has 1 atom stereocenters. The molecule has 0 bridgehead atoms. The van der Waals surface area contributed by atoms with Gasteiger partial charge in [0.25, 0.3) is 0 Å². The number of nitrogens with zero attached hydrogens (tertiary/aromatic N) is 2. The largest absolute Gasteiger partial charge is 0.326 e. The standard InChI is InChI=1S/C18H15ClIN3O2S/c1-23-17(25)15(10-16(24)21-13-8-4-12(20)5-9-13)26-18(23)22-14-6-2-11(19)3-7-14/h2-9,15H,10H2,1H3,(H,21,24). The summed E-state index contributed by atoms with van der Waals surface area (Å²) in [5.41, 5.74) is 1.43. The lowest BCUT2D eigenvalue weighted by atomic mass is 10.2. The van der Waals surface area contributed by atoms with Crippen LogP contribution in [0.1, 0.15) is 6.42 Å². The molecular formula is C18H15ClIN3O2S. The molecule has 2 amide bonds. The van der Waals surface area contributed by atoms with Crippen LogP contribution in [-0.4, -0.2) is 34.2 Å². The van der Waals surface area contributed by atoms with E-state index in [0.29, 0.717) is 21.6 Å². The number of carbonyl (C=O) groups is 2. The zero-order valence-electron chi connectivity index (χ0n) is 13.8. The molecule has 26 heavy (non-hydrogen) atoms. The van der Waals surface area contributed by atoms with Gasteiger partial charge in [0, 0.05) is 27.7 Å². The predicted molar refractivity (Wildman–Crippen MR) is 115 cm³/mol. The van der Waals surface area contributed by atoms with E-state index in [1.165, 1.54) is 16.7 Å². The molecule has 1 aliphatic heterocycles. The van der Waals surface area contributed by atoms with Crippen LogP contribution in [0, 0.1) is 3.57 Å². The topological polar surface area (TPSA) is 61.8 Å². The first-order valence-corrected chi connectivity index (χ1v) is 10.1. The van der Waals surface area contributed by atoms with Crippen LogP contribution < -0.4 is 5.32 Å². The van der Waals surface area contributed by atoms with E-state index in [2.05, 4.69) is 32.9 Å². The van der Waals surface area contributed by atoms with E-state index in [-0.39, 0.29) is 18.2 Å². The van der Waals surface area contributed by atoms with Crippen molar-refractivity contribution < 1.29 is 9.59 Å². The molecule has 0 aromatic heterocycles. The number of halogens is 2. The van der Waals surface area contributed by atoms with Crippen LogP contribution >= 0.6 is 46.0 Å². The maximum Gasteiger partial charge on any atom is 0.242 e. The third-order valence-corrected chi connectivity index (χ3v) is 5.89. The maximum absolute atomic E-state index is 12.4. The number of rotatable bonds is 4. The van der Waals surface area contributed by atoms with Gasteiger partial charge in [-0.2, -0.15) is 0 Å². The number of amides is 2. The van der Waals surface area contributed by atoms with Crippen LogP contribution in [0.15, 0.2) is 53.5 Å². The SMILES string of the molecule is CN1C(=O)C(CC(=O)Nc2ccc(I)cc2)SC1=Nc1ccc(Cl)cc1. The molecule has 1 N–H and O–H groups in total. The van der Waals surface area contributed by atoms with Gasteiger partial charge in [0.15, 0.2) is 5.17 Å². The Morgan fingerprint density at radius 2 is 1.88 bits per heavy atom. The highest BCUT2D eigenvalue weighted by Crippen LogP contribution is 2.31. The van der Waals surface area contributed by atoms with Crippen molar-refractivity contribution in [2.24, 2.45) is 4.99 Å². The summed E-state index contributed by atoms with van der Waals surface area (Å²) in [5.74, 6) is -0.321. The molecule has 2 aromatic rings. The van der Waals surface area contributed by atoms with Crippen LogP contribution in [-0.2, 0) is 9.59 Å². The average Bonchev–Trinajstić information content (AvgIpc) is 2.87. The number of aliphatic imine (C=N–C) groups is 1. The summed E-state index contributed by atoms with van der Waals surface area (Å²) in [7, 11) is 1.67. The van der Waals surface area contributed by atoms with Crippen molar-refractivity contribution in [3.8, 4) is 0 Å². The second-order valence-electron chi connectivity index (χ2n) is 5.63. The Kier molecular flexibility index (Phi) is 6.20. The second-order valence-corrected chi connectivity index (χ2v) is 8.49. The van der Waals surface area contributed by atoms with Gasteiger partial charge in [-0.1, -0.05) is 23.4 Å². The quantitative estimate of drug-likeness (QED) is 0.629. The number of hydrogen-bond acceptors (Lipinski definition) is 4. The van der Waals surface area contributed by atoms with Crippen molar-refractivity contribution in [3.63, 3.8) is 0 Å². The van der Waals surface area contributed by atoms with Gasteiger partial charge < -0.3 is 5.32 Å². The van der Waals surface area contributed by atoms with Crippen molar-refractivity contribution in [2.45, 2.75) is 11.7 Å². The molecule has 1 unspecified atom stereocenters. The third-order valence-electron chi connectivity index (χ3n) is 3.69. The summed E-state index contributed by atoms with van der Waals surface area (Å²) in [6.45, 7) is 0. The highest BCUT2D eigenvalue weighted by atomic mass is 127. The van der Waals surface area contributed by atoms with E-state index < -0.39 is 5.25 Å². The van der Waals surface area contributed by atoms with Crippen LogP contribution in [0.5, 0.6) is 0 Å². The number of anilines is 1. The fraction of sp³-hybridized carbons (Fsp3) is 0.167. The number of nitrogens with one attached hydrogen (secondary N) is 1. The first-order valence-electron chi connectivity index (χ1n) is 7.76. The van der Waals surface area contributed by atoms with E-state index in [1.807, 2.05) is 24.3 Å². The Hall–Kier alpha value is -1.58. The van der Waals surface area contributed by atoms with Crippen LogP contribution in [0.25, 0.3) is 0 Å². The number of carbonyl (C=O) groups excluding carboxylic acids is 2. The van der Waals surface area contributed by atoms with Gasteiger partial charge in [-0.3, -0.25) is 14.5 Å². The molecule has 1 saturated heterocycles. The fourth-order valence-electron chi connectivity index (χ4n) is 2.34. The van der Waals surface area contributed by atoms with Gasteiger partial charge in [0.1, 0.15) is 5.25 Å². The smallest absolute Gasteiger partial charge is 0.242 e. The molecular weight excluding hydrogens is 485 g/mol. The highest BCUT2D eigenvalue weighted by molar-refractivity contribution is 14.1. The van der Waals surface area contributed by atoms with Gasteiger partial charge in [0.2, 0.25) is 11.8 Å². The molecule has 2 aromatic carbocycles. The molecule has 5 nitrogen and oxygen atoms in total. The highest BCUT2D eigenvalue weighted by Gasteiger charge is 2.36. The summed E-state index contributed by atoms with van der Waals surface area (Å²) in [5, 5.41) is 3.55. The minimum absolute atomic E-state index is 0.0967. The van der Waals surface area contributed by atoms with Gasteiger partial charge in [-0.15, -0.1) is 0 Å². The molecule has 134 valence electrons. The molecule has 8 heteroatoms. The lowest BCUT2D eigenvalue weighted by Gasteiger charge is -2.09. The fourth-order valence-corrected chi connectivity index (χ4v) is 3.98. The minimum atomic E-state index is -0.477. The molecule has 1 aliphatic rings. The van der Waals surface area contributed by atoms with Crippen molar-refractivity contribution in [1.29, 1.82) is 0 Å². The van der Waals surface area contributed by atoms with E-state index in [9.17, 15) is 9.59 Å². The Labute approximate surface area is 174 Å². The van der Waals surface area contributed by atoms with Gasteiger partial charge in [-0.05, 0) is 71.1 Å². The normalized spacial score (nSPS) is 18.4. The van der Waals surface area contributed by atoms with Crippen LogP contribution in [0.4, 0.5) is 11.4 Å². The molecule has 0 spiro atoms. The van der Waals surface area contributed by atoms with Gasteiger partial charge in [-0.25, -0.2) is 4.99 Å². The summed E-state index contributed by atoms with van der Waals surface area (Å²) < 4.78 is 1.09. The molecule has 0 radical (unpaired) electrons. The number of hydrogen-bond donors (Lipinski definition) is 1. The lowest BCUT2D eigenvalue weighted by molar-refractivity contribution is -0.127. The Morgan fingerprint density at radius 3 is 2.54 bits per heavy atom. The number of benzene rings is 2. The summed E-state index contributed by atoms with van der Waals surface area (Å²) in [6.07, 6.45) is 0.0967. The summed E-state index contributed by atoms with van der Waals surface area (Å²) in [4.78, 5) is 30.6. The van der Waals surface area contributed by atoms with E-state index in [4.69, 9.17) is 11.6 Å². The summed E-state index contributed by atoms with van der Waals surface area (Å²) >= 11 is 9.37. The van der Waals surface area contributed by atoms with Crippen molar-refractivity contribution >= 4 is 74.3 Å². The van der Waals surface area contributed by atoms with E-state index in [1.54, 1.807) is 31.3 Å². The molecule has 0 saturated carbocycles. The molecule has 1 fully saturated rings. The zero-order valence-corrected chi connectivity index (χ0v) is 17.5. The number of amidine groups is 1. The number of thioether (sulfide) groups is 1. The Balaban J connectivity index is 1.65. The van der Waals surface area contributed by atoms with E-state index >= 15 is 0 Å². The van der Waals surface area contributed by atoms with Crippen molar-refractivity contribution in [1.82, 2.24) is 4.90 Å². The van der Waals surface area contributed by atoms with E-state index in [0.717, 1.165) is 3.57 Å². The predicted octanol–water partition coefficient (Wildman–Crippen LogP) is 4.53. The average molecular weight is 500 g/mol. The first-order chi connectivity index (χ1) is 12.4. The van der Waals surface area contributed by atoms with Gasteiger partial charge in [0.05, 0.1) is 5.69 Å². The van der Waals surface area contributed by atoms with Gasteiger partial charge >= 0.3 is 0 Å². The molecule has 0 aliphatic carbocycles. The van der Waals surface area contributed by atoms with Crippen molar-refractivity contribution in [2.75, 3.05) is 12.4 Å². The monoisotopic (exact) mass is 499 g/mol. The summed E-state index contributed by atoms with van der Waals surface area (Å²) in [6, 6.07) is 14.6. The molecule has 3 rings (SSSR count). The van der Waals surface area contributed by atoms with Crippen molar-refractivity contribution in [3.05, 3.63) is 57.1 Å². The third kappa shape index (κ3) is 4.77. The maximum atomic E-state index is 12.4. The Bertz CT molecular complexity index is 856. The van der Waals surface area contributed by atoms with Crippen LogP contribution in [0.2, 0.25) is 5.02 Å². The first kappa shape index (κ1) is 19.2. The molecule has 1 heterocycles. The minimum Gasteiger partial charge on any atom is -0.326 e. The lowest BCUT2D eigenvalue weighted by Crippen LogP contribution is -2.30. The van der Waals surface area contributed by atoms with Crippen LogP contribution in [0.3, 0.4) is 0 Å². The Morgan fingerprint density at radius 1 is 1.23 bits per heavy atom. The second kappa shape index (κ2) is 8.41. The zero-order chi connectivity index (χ0) is 18.7.